The summed E-state index contributed by atoms with van der Waals surface area (Å²) < 4.78 is 12.2. The molecule has 0 aliphatic rings. The molecule has 1 N–H and O–H groups in total. The largest absolute Gasteiger partial charge is 0.482 e. The third-order valence-electron chi connectivity index (χ3n) is 5.43. The first kappa shape index (κ1) is 24.5. The molecular weight excluding hydrogens is 464 g/mol. The fraction of sp³-hybridized carbons (Fsp3) is 0.214. The van der Waals surface area contributed by atoms with Gasteiger partial charge in [-0.3, -0.25) is 0 Å². The summed E-state index contributed by atoms with van der Waals surface area (Å²) >= 11 is 6.46. The minimum atomic E-state index is -1.11. The van der Waals surface area contributed by atoms with E-state index in [1.807, 2.05) is 72.8 Å². The number of carbonyl (C=O) groups is 1. The second-order valence-corrected chi connectivity index (χ2v) is 8.94. The normalized spacial score (nSPS) is 11.3. The summed E-state index contributed by atoms with van der Waals surface area (Å²) in [6.07, 6.45) is 0. The van der Waals surface area contributed by atoms with Crippen LogP contribution < -0.4 is 4.74 Å². The van der Waals surface area contributed by atoms with Gasteiger partial charge in [0.1, 0.15) is 11.4 Å². The zero-order chi connectivity index (χ0) is 25.0. The molecule has 7 heteroatoms. The molecule has 1 aromatic heterocycles. The first-order valence-corrected chi connectivity index (χ1v) is 11.7. The number of hydrogen-bond acceptors (Lipinski definition) is 5. The lowest BCUT2D eigenvalue weighted by molar-refractivity contribution is -0.145. The Hall–Kier alpha value is -3.61. The maximum absolute atomic E-state index is 11.6. The van der Waals surface area contributed by atoms with Gasteiger partial charge in [0.25, 0.3) is 0 Å². The summed E-state index contributed by atoms with van der Waals surface area (Å²) in [4.78, 5) is 11.6. The topological polar surface area (TPSA) is 73.6 Å². The van der Waals surface area contributed by atoms with E-state index in [4.69, 9.17) is 21.1 Å². The van der Waals surface area contributed by atoms with Crippen molar-refractivity contribution < 1.29 is 19.4 Å². The summed E-state index contributed by atoms with van der Waals surface area (Å²) in [5, 5.41) is 15.8. The molecule has 180 valence electrons. The Morgan fingerprint density at radius 1 is 0.971 bits per heavy atom. The lowest BCUT2D eigenvalue weighted by Crippen LogP contribution is -2.16. The molecule has 35 heavy (non-hydrogen) atoms. The van der Waals surface area contributed by atoms with E-state index in [9.17, 15) is 9.90 Å². The third-order valence-corrected chi connectivity index (χ3v) is 5.75. The van der Waals surface area contributed by atoms with Crippen LogP contribution in [0.15, 0.2) is 78.9 Å². The molecule has 0 saturated heterocycles. The van der Waals surface area contributed by atoms with Crippen LogP contribution in [0.25, 0.3) is 28.1 Å². The second kappa shape index (κ2) is 10.3. The maximum Gasteiger partial charge on any atom is 0.344 e. The SMILES string of the molecule is CCOC(=O)COc1cccc(-c2ccc(-c3cc(C(C)(C)O)nn3-c3ccccc3Cl)cc2)c1. The van der Waals surface area contributed by atoms with Crippen molar-refractivity contribution in [3.05, 3.63) is 89.6 Å². The summed E-state index contributed by atoms with van der Waals surface area (Å²) in [5.41, 5.74) is 3.85. The van der Waals surface area contributed by atoms with Crippen LogP contribution in [0.3, 0.4) is 0 Å². The Morgan fingerprint density at radius 2 is 1.69 bits per heavy atom. The number of benzene rings is 3. The van der Waals surface area contributed by atoms with Crippen molar-refractivity contribution >= 4 is 17.6 Å². The van der Waals surface area contributed by atoms with Crippen LogP contribution in [0, 0.1) is 0 Å². The lowest BCUT2D eigenvalue weighted by atomic mass is 10.0. The van der Waals surface area contributed by atoms with Crippen molar-refractivity contribution in [2.75, 3.05) is 13.2 Å². The molecule has 4 rings (SSSR count). The molecule has 0 amide bonds. The van der Waals surface area contributed by atoms with Gasteiger partial charge >= 0.3 is 5.97 Å². The number of nitrogens with zero attached hydrogens (tertiary/aromatic N) is 2. The van der Waals surface area contributed by atoms with E-state index >= 15 is 0 Å². The molecule has 6 nitrogen and oxygen atoms in total. The minimum absolute atomic E-state index is 0.133. The Bertz CT molecular complexity index is 1320. The molecule has 0 radical (unpaired) electrons. The second-order valence-electron chi connectivity index (χ2n) is 8.54. The number of esters is 1. The van der Waals surface area contributed by atoms with E-state index in [0.717, 1.165) is 28.1 Å². The molecule has 4 aromatic rings. The molecule has 0 saturated carbocycles. The number of aromatic nitrogens is 2. The van der Waals surface area contributed by atoms with Gasteiger partial charge in [-0.15, -0.1) is 0 Å². The monoisotopic (exact) mass is 490 g/mol. The van der Waals surface area contributed by atoms with Gasteiger partial charge in [0.2, 0.25) is 0 Å². The van der Waals surface area contributed by atoms with Crippen LogP contribution in [0.2, 0.25) is 5.02 Å². The van der Waals surface area contributed by atoms with Crippen LogP contribution >= 0.6 is 11.6 Å². The molecule has 0 unspecified atom stereocenters. The fourth-order valence-corrected chi connectivity index (χ4v) is 3.85. The Balaban J connectivity index is 1.65. The number of rotatable bonds is 8. The van der Waals surface area contributed by atoms with Crippen molar-refractivity contribution in [1.82, 2.24) is 9.78 Å². The van der Waals surface area contributed by atoms with Crippen LogP contribution in [0.4, 0.5) is 0 Å². The van der Waals surface area contributed by atoms with Crippen molar-refractivity contribution in [2.24, 2.45) is 0 Å². The number of aliphatic hydroxyl groups is 1. The van der Waals surface area contributed by atoms with Gasteiger partial charge in [-0.05, 0) is 62.2 Å². The van der Waals surface area contributed by atoms with Crippen molar-refractivity contribution in [1.29, 1.82) is 0 Å². The minimum Gasteiger partial charge on any atom is -0.482 e. The number of para-hydroxylation sites is 1. The lowest BCUT2D eigenvalue weighted by Gasteiger charge is -2.13. The van der Waals surface area contributed by atoms with Gasteiger partial charge < -0.3 is 14.6 Å². The highest BCUT2D eigenvalue weighted by Crippen LogP contribution is 2.32. The number of halogens is 1. The van der Waals surface area contributed by atoms with E-state index in [-0.39, 0.29) is 6.61 Å². The van der Waals surface area contributed by atoms with E-state index in [1.165, 1.54) is 0 Å². The van der Waals surface area contributed by atoms with Crippen LogP contribution in [0.5, 0.6) is 5.75 Å². The molecule has 0 aliphatic heterocycles. The van der Waals surface area contributed by atoms with Crippen molar-refractivity contribution in [3.63, 3.8) is 0 Å². The molecule has 0 atom stereocenters. The third kappa shape index (κ3) is 5.73. The number of carbonyl (C=O) groups excluding carboxylic acids is 1. The molecule has 1 heterocycles. The van der Waals surface area contributed by atoms with E-state index in [2.05, 4.69) is 5.10 Å². The Labute approximate surface area is 209 Å². The average molecular weight is 491 g/mol. The maximum atomic E-state index is 11.6. The van der Waals surface area contributed by atoms with Crippen LogP contribution in [-0.2, 0) is 15.1 Å². The summed E-state index contributed by atoms with van der Waals surface area (Å²) in [7, 11) is 0. The summed E-state index contributed by atoms with van der Waals surface area (Å²) in [6, 6.07) is 24.9. The van der Waals surface area contributed by atoms with Crippen molar-refractivity contribution in [2.45, 2.75) is 26.4 Å². The predicted octanol–water partition coefficient (Wildman–Crippen LogP) is 6.03. The standard InChI is InChI=1S/C28H27ClN2O4/c1-4-34-27(32)18-35-22-9-7-8-21(16-22)19-12-14-20(15-13-19)25-17-26(28(2,3)33)30-31(25)24-11-6-5-10-23(24)29/h5-17,33H,4,18H2,1-3H3. The molecule has 3 aromatic carbocycles. The van der Waals surface area contributed by atoms with E-state index in [1.54, 1.807) is 31.5 Å². The quantitative estimate of drug-likeness (QED) is 0.305. The zero-order valence-corrected chi connectivity index (χ0v) is 20.6. The van der Waals surface area contributed by atoms with E-state index < -0.39 is 11.6 Å². The van der Waals surface area contributed by atoms with Gasteiger partial charge in [0, 0.05) is 5.56 Å². The first-order valence-electron chi connectivity index (χ1n) is 11.3. The highest BCUT2D eigenvalue weighted by atomic mass is 35.5. The Kier molecular flexibility index (Phi) is 7.24. The number of ether oxygens (including phenoxy) is 2. The molecule has 0 aliphatic carbocycles. The highest BCUT2D eigenvalue weighted by molar-refractivity contribution is 6.32. The van der Waals surface area contributed by atoms with Gasteiger partial charge in [0.15, 0.2) is 6.61 Å². The van der Waals surface area contributed by atoms with Gasteiger partial charge in [-0.25, -0.2) is 9.48 Å². The van der Waals surface area contributed by atoms with Crippen molar-refractivity contribution in [3.8, 4) is 33.8 Å². The molecular formula is C28H27ClN2O4. The van der Waals surface area contributed by atoms with Gasteiger partial charge in [-0.1, -0.05) is 60.1 Å². The number of hydrogen-bond donors (Lipinski definition) is 1. The summed E-state index contributed by atoms with van der Waals surface area (Å²) in [6.45, 7) is 5.36. The first-order chi connectivity index (χ1) is 16.8. The van der Waals surface area contributed by atoms with Crippen LogP contribution in [0.1, 0.15) is 26.5 Å². The van der Waals surface area contributed by atoms with Crippen LogP contribution in [-0.4, -0.2) is 34.1 Å². The zero-order valence-electron chi connectivity index (χ0n) is 19.9. The van der Waals surface area contributed by atoms with E-state index in [0.29, 0.717) is 23.1 Å². The molecule has 0 bridgehead atoms. The predicted molar refractivity (Wildman–Crippen MR) is 137 cm³/mol. The van der Waals surface area contributed by atoms with Gasteiger partial charge in [-0.2, -0.15) is 5.10 Å². The molecule has 0 spiro atoms. The fourth-order valence-electron chi connectivity index (χ4n) is 3.64. The highest BCUT2D eigenvalue weighted by Gasteiger charge is 2.23. The smallest absolute Gasteiger partial charge is 0.344 e. The Morgan fingerprint density at radius 3 is 2.37 bits per heavy atom. The summed E-state index contributed by atoms with van der Waals surface area (Å²) in [5.74, 6) is 0.189. The average Bonchev–Trinajstić information content (AvgIpc) is 3.30. The van der Waals surface area contributed by atoms with Gasteiger partial charge in [0.05, 0.1) is 28.7 Å². The molecule has 0 fully saturated rings.